The summed E-state index contributed by atoms with van der Waals surface area (Å²) in [4.78, 5) is 0. The van der Waals surface area contributed by atoms with Gasteiger partial charge in [0, 0.05) is 5.69 Å². The molecule has 0 spiro atoms. The summed E-state index contributed by atoms with van der Waals surface area (Å²) in [6.45, 7) is 3.85. The number of methoxy groups -OCH3 is 1. The second-order valence-corrected chi connectivity index (χ2v) is 5.75. The van der Waals surface area contributed by atoms with E-state index in [4.69, 9.17) is 4.74 Å². The third-order valence-corrected chi connectivity index (χ3v) is 4.30. The normalized spacial score (nSPS) is 13.2. The number of nitrogens with one attached hydrogen (secondary N) is 1. The Bertz CT molecular complexity index is 845. The number of rotatable bonds is 6. The Balaban J connectivity index is 2.04. The van der Waals surface area contributed by atoms with Gasteiger partial charge in [0.15, 0.2) is 0 Å². The van der Waals surface area contributed by atoms with Crippen molar-refractivity contribution < 1.29 is 9.84 Å². The summed E-state index contributed by atoms with van der Waals surface area (Å²) >= 11 is 0. The number of fused-ring (bicyclic) bond motifs is 1. The van der Waals surface area contributed by atoms with Crippen molar-refractivity contribution >= 4 is 16.5 Å². The van der Waals surface area contributed by atoms with Crippen LogP contribution in [0.4, 0.5) is 5.69 Å². The van der Waals surface area contributed by atoms with Crippen LogP contribution in [0.5, 0.6) is 5.75 Å². The SMILES string of the molecule is C=C[C@](CO)(Nc1ccccc1)c1ccc2cc(OC)ccc2c1. The standard InChI is InChI=1S/C21H21NO2/c1-3-21(15-23,22-19-7-5-4-6-8-19)18-11-9-17-14-20(24-2)12-10-16(17)13-18/h3-14,22-23H,1,15H2,2H3/t21-/m1/s1. The lowest BCUT2D eigenvalue weighted by atomic mass is 9.88. The molecule has 0 aromatic heterocycles. The van der Waals surface area contributed by atoms with Crippen molar-refractivity contribution in [1.29, 1.82) is 0 Å². The average molecular weight is 319 g/mol. The molecular weight excluding hydrogens is 298 g/mol. The van der Waals surface area contributed by atoms with Gasteiger partial charge in [-0.25, -0.2) is 0 Å². The van der Waals surface area contributed by atoms with E-state index in [9.17, 15) is 5.11 Å². The number of anilines is 1. The van der Waals surface area contributed by atoms with Crippen molar-refractivity contribution in [3.05, 3.63) is 84.9 Å². The molecule has 0 aliphatic heterocycles. The number of hydrogen-bond donors (Lipinski definition) is 2. The molecule has 3 aromatic carbocycles. The first-order valence-electron chi connectivity index (χ1n) is 7.87. The van der Waals surface area contributed by atoms with Gasteiger partial charge in [-0.05, 0) is 46.7 Å². The zero-order valence-electron chi connectivity index (χ0n) is 13.7. The number of aliphatic hydroxyl groups is 1. The quantitative estimate of drug-likeness (QED) is 0.664. The van der Waals surface area contributed by atoms with E-state index < -0.39 is 5.54 Å². The Hall–Kier alpha value is -2.78. The summed E-state index contributed by atoms with van der Waals surface area (Å²) in [6, 6.07) is 21.9. The van der Waals surface area contributed by atoms with E-state index in [1.54, 1.807) is 13.2 Å². The van der Waals surface area contributed by atoms with Crippen LogP contribution in [0.15, 0.2) is 79.4 Å². The van der Waals surface area contributed by atoms with E-state index in [2.05, 4.69) is 18.0 Å². The minimum atomic E-state index is -0.741. The van der Waals surface area contributed by atoms with Crippen LogP contribution in [-0.2, 0) is 5.54 Å². The molecule has 0 radical (unpaired) electrons. The van der Waals surface area contributed by atoms with Crippen molar-refractivity contribution in [1.82, 2.24) is 0 Å². The molecule has 2 N–H and O–H groups in total. The largest absolute Gasteiger partial charge is 0.497 e. The number of benzene rings is 3. The zero-order chi connectivity index (χ0) is 17.0. The van der Waals surface area contributed by atoms with Gasteiger partial charge in [0.1, 0.15) is 11.3 Å². The molecule has 0 heterocycles. The molecule has 0 fully saturated rings. The first-order chi connectivity index (χ1) is 11.7. The fourth-order valence-electron chi connectivity index (χ4n) is 2.84. The second kappa shape index (κ2) is 6.77. The molecule has 3 rings (SSSR count). The van der Waals surface area contributed by atoms with E-state index in [1.807, 2.05) is 60.7 Å². The maximum absolute atomic E-state index is 10.1. The van der Waals surface area contributed by atoms with Gasteiger partial charge in [-0.2, -0.15) is 0 Å². The molecule has 3 nitrogen and oxygen atoms in total. The van der Waals surface area contributed by atoms with Gasteiger partial charge in [-0.3, -0.25) is 0 Å². The van der Waals surface area contributed by atoms with Gasteiger partial charge in [0.2, 0.25) is 0 Å². The van der Waals surface area contributed by atoms with E-state index in [0.29, 0.717) is 0 Å². The highest BCUT2D eigenvalue weighted by Gasteiger charge is 2.28. The van der Waals surface area contributed by atoms with Crippen LogP contribution in [0.25, 0.3) is 10.8 Å². The highest BCUT2D eigenvalue weighted by Crippen LogP contribution is 2.31. The van der Waals surface area contributed by atoms with Crippen LogP contribution >= 0.6 is 0 Å². The van der Waals surface area contributed by atoms with E-state index in [1.165, 1.54) is 0 Å². The van der Waals surface area contributed by atoms with E-state index >= 15 is 0 Å². The van der Waals surface area contributed by atoms with Gasteiger partial charge in [-0.15, -0.1) is 6.58 Å². The topological polar surface area (TPSA) is 41.5 Å². The monoisotopic (exact) mass is 319 g/mol. The molecule has 0 saturated carbocycles. The lowest BCUT2D eigenvalue weighted by molar-refractivity contribution is 0.241. The van der Waals surface area contributed by atoms with Gasteiger partial charge in [0.25, 0.3) is 0 Å². The number of para-hydroxylation sites is 1. The van der Waals surface area contributed by atoms with Crippen LogP contribution in [0.3, 0.4) is 0 Å². The molecule has 0 aliphatic rings. The van der Waals surface area contributed by atoms with Crippen LogP contribution < -0.4 is 10.1 Å². The number of ether oxygens (including phenoxy) is 1. The molecule has 0 unspecified atom stereocenters. The molecule has 1 atom stereocenters. The van der Waals surface area contributed by atoms with E-state index in [-0.39, 0.29) is 6.61 Å². The van der Waals surface area contributed by atoms with Crippen molar-refractivity contribution in [3.8, 4) is 5.75 Å². The maximum Gasteiger partial charge on any atom is 0.119 e. The summed E-state index contributed by atoms with van der Waals surface area (Å²) < 4.78 is 5.27. The lowest BCUT2D eigenvalue weighted by Crippen LogP contribution is -2.37. The Morgan fingerprint density at radius 2 is 1.75 bits per heavy atom. The van der Waals surface area contributed by atoms with E-state index in [0.717, 1.165) is 27.8 Å². The molecule has 0 amide bonds. The Morgan fingerprint density at radius 1 is 1.04 bits per heavy atom. The molecule has 24 heavy (non-hydrogen) atoms. The number of hydrogen-bond acceptors (Lipinski definition) is 3. The second-order valence-electron chi connectivity index (χ2n) is 5.75. The molecule has 3 heteroatoms. The van der Waals surface area contributed by atoms with Gasteiger partial charge in [0.05, 0.1) is 13.7 Å². The summed E-state index contributed by atoms with van der Waals surface area (Å²) in [6.07, 6.45) is 1.75. The third kappa shape index (κ3) is 2.99. The highest BCUT2D eigenvalue weighted by atomic mass is 16.5. The molecular formula is C21H21NO2. The molecule has 0 bridgehead atoms. The predicted molar refractivity (Wildman–Crippen MR) is 99.5 cm³/mol. The first-order valence-corrected chi connectivity index (χ1v) is 7.87. The van der Waals surface area contributed by atoms with Crippen molar-refractivity contribution in [2.45, 2.75) is 5.54 Å². The lowest BCUT2D eigenvalue weighted by Gasteiger charge is -2.31. The minimum Gasteiger partial charge on any atom is -0.497 e. The average Bonchev–Trinajstić information content (AvgIpc) is 2.66. The van der Waals surface area contributed by atoms with Crippen LogP contribution in [0.2, 0.25) is 0 Å². The summed E-state index contributed by atoms with van der Waals surface area (Å²) in [5.74, 6) is 0.829. The van der Waals surface area contributed by atoms with Crippen LogP contribution in [0, 0.1) is 0 Å². The van der Waals surface area contributed by atoms with Crippen molar-refractivity contribution in [2.75, 3.05) is 19.0 Å². The third-order valence-electron chi connectivity index (χ3n) is 4.30. The van der Waals surface area contributed by atoms with Gasteiger partial charge >= 0.3 is 0 Å². The summed E-state index contributed by atoms with van der Waals surface area (Å²) in [5.41, 5.74) is 1.15. The summed E-state index contributed by atoms with van der Waals surface area (Å²) in [7, 11) is 1.66. The highest BCUT2D eigenvalue weighted by molar-refractivity contribution is 5.85. The fourth-order valence-corrected chi connectivity index (χ4v) is 2.84. The molecule has 122 valence electrons. The predicted octanol–water partition coefficient (Wildman–Crippen LogP) is 4.33. The van der Waals surface area contributed by atoms with Crippen LogP contribution in [0.1, 0.15) is 5.56 Å². The summed E-state index contributed by atoms with van der Waals surface area (Å²) in [5, 5.41) is 15.7. The molecule has 0 saturated heterocycles. The maximum atomic E-state index is 10.1. The van der Waals surface area contributed by atoms with Crippen LogP contribution in [-0.4, -0.2) is 18.8 Å². The Labute approximate surface area is 142 Å². The molecule has 0 aliphatic carbocycles. The fraction of sp³-hybridized carbons (Fsp3) is 0.143. The zero-order valence-corrected chi connectivity index (χ0v) is 13.7. The molecule has 3 aromatic rings. The smallest absolute Gasteiger partial charge is 0.119 e. The van der Waals surface area contributed by atoms with Crippen molar-refractivity contribution in [2.24, 2.45) is 0 Å². The number of aliphatic hydroxyl groups excluding tert-OH is 1. The first kappa shape index (κ1) is 16.1. The van der Waals surface area contributed by atoms with Crippen molar-refractivity contribution in [3.63, 3.8) is 0 Å². The Morgan fingerprint density at radius 3 is 2.42 bits per heavy atom. The Kier molecular flexibility index (Phi) is 4.54. The van der Waals surface area contributed by atoms with Gasteiger partial charge in [-0.1, -0.05) is 42.5 Å². The minimum absolute atomic E-state index is 0.0902. The van der Waals surface area contributed by atoms with Gasteiger partial charge < -0.3 is 15.2 Å².